The Labute approximate surface area is 155 Å². The van der Waals surface area contributed by atoms with Crippen LogP contribution in [0.3, 0.4) is 0 Å². The quantitative estimate of drug-likeness (QED) is 0.573. The van der Waals surface area contributed by atoms with Gasteiger partial charge in [-0.1, -0.05) is 60.7 Å². The van der Waals surface area contributed by atoms with E-state index >= 15 is 0 Å². The van der Waals surface area contributed by atoms with Crippen molar-refractivity contribution in [2.45, 2.75) is 12.0 Å². The average molecular weight is 358 g/mol. The highest BCUT2D eigenvalue weighted by Crippen LogP contribution is 2.38. The standard InChI is InChI=1S/C21H18N4O2/c22-21(27)18-19(25-12-11-23-13-16(25)24-18)17(14-7-3-1-4-8-14)20(26)15-9-5-2-6-10-15/h1-13,17,20,26H,(H2,22,27)/t17-,20-/m1/s1. The van der Waals surface area contributed by atoms with Crippen LogP contribution < -0.4 is 5.73 Å². The molecule has 2 aromatic heterocycles. The summed E-state index contributed by atoms with van der Waals surface area (Å²) in [6.07, 6.45) is 4.00. The molecular formula is C21H18N4O2. The molecule has 0 spiro atoms. The number of hydrogen-bond acceptors (Lipinski definition) is 4. The highest BCUT2D eigenvalue weighted by molar-refractivity contribution is 5.93. The molecule has 0 saturated heterocycles. The number of rotatable bonds is 5. The second-order valence-electron chi connectivity index (χ2n) is 6.26. The van der Waals surface area contributed by atoms with E-state index in [0.29, 0.717) is 11.3 Å². The number of hydrogen-bond donors (Lipinski definition) is 2. The first-order chi connectivity index (χ1) is 13.2. The van der Waals surface area contributed by atoms with Crippen molar-refractivity contribution in [3.63, 3.8) is 0 Å². The molecule has 27 heavy (non-hydrogen) atoms. The molecule has 0 aliphatic rings. The fourth-order valence-corrected chi connectivity index (χ4v) is 3.40. The molecule has 4 rings (SSSR count). The lowest BCUT2D eigenvalue weighted by molar-refractivity contribution is 0.0992. The minimum absolute atomic E-state index is 0.131. The molecule has 0 aliphatic heterocycles. The molecule has 2 heterocycles. The minimum Gasteiger partial charge on any atom is -0.387 e. The third-order valence-corrected chi connectivity index (χ3v) is 4.61. The highest BCUT2D eigenvalue weighted by atomic mass is 16.3. The molecule has 2 aromatic carbocycles. The van der Waals surface area contributed by atoms with Gasteiger partial charge in [-0.15, -0.1) is 0 Å². The number of fused-ring (bicyclic) bond motifs is 1. The zero-order chi connectivity index (χ0) is 18.8. The van der Waals surface area contributed by atoms with Gasteiger partial charge in [0.2, 0.25) is 0 Å². The zero-order valence-corrected chi connectivity index (χ0v) is 14.4. The molecular weight excluding hydrogens is 340 g/mol. The van der Waals surface area contributed by atoms with E-state index in [4.69, 9.17) is 5.73 Å². The monoisotopic (exact) mass is 358 g/mol. The van der Waals surface area contributed by atoms with Crippen molar-refractivity contribution < 1.29 is 9.90 Å². The molecule has 0 bridgehead atoms. The Kier molecular flexibility index (Phi) is 4.40. The predicted molar refractivity (Wildman–Crippen MR) is 101 cm³/mol. The summed E-state index contributed by atoms with van der Waals surface area (Å²) < 4.78 is 1.76. The molecule has 0 fully saturated rings. The van der Waals surface area contributed by atoms with Gasteiger partial charge in [-0.3, -0.25) is 14.2 Å². The topological polar surface area (TPSA) is 93.5 Å². The van der Waals surface area contributed by atoms with Gasteiger partial charge in [0.05, 0.1) is 23.9 Å². The Morgan fingerprint density at radius 1 is 1.00 bits per heavy atom. The molecule has 0 saturated carbocycles. The molecule has 4 aromatic rings. The van der Waals surface area contributed by atoms with Crippen molar-refractivity contribution in [2.24, 2.45) is 5.73 Å². The van der Waals surface area contributed by atoms with Crippen LogP contribution in [0, 0.1) is 0 Å². The lowest BCUT2D eigenvalue weighted by Gasteiger charge is -2.24. The Morgan fingerprint density at radius 2 is 1.63 bits per heavy atom. The van der Waals surface area contributed by atoms with E-state index in [2.05, 4.69) is 9.97 Å². The van der Waals surface area contributed by atoms with Crippen molar-refractivity contribution in [2.75, 3.05) is 0 Å². The molecule has 2 atom stereocenters. The van der Waals surface area contributed by atoms with Crippen LogP contribution in [-0.2, 0) is 0 Å². The number of aliphatic hydroxyl groups is 1. The Hall–Kier alpha value is -3.51. The van der Waals surface area contributed by atoms with Gasteiger partial charge in [0.15, 0.2) is 11.3 Å². The molecule has 0 aliphatic carbocycles. The van der Waals surface area contributed by atoms with E-state index in [0.717, 1.165) is 11.1 Å². The van der Waals surface area contributed by atoms with Gasteiger partial charge in [-0.05, 0) is 11.1 Å². The Morgan fingerprint density at radius 3 is 2.26 bits per heavy atom. The second-order valence-corrected chi connectivity index (χ2v) is 6.26. The van der Waals surface area contributed by atoms with Crippen LogP contribution in [0.1, 0.15) is 39.3 Å². The number of nitrogens with zero attached hydrogens (tertiary/aromatic N) is 3. The summed E-state index contributed by atoms with van der Waals surface area (Å²) in [5.41, 5.74) is 8.39. The van der Waals surface area contributed by atoms with Gasteiger partial charge < -0.3 is 10.8 Å². The number of benzene rings is 2. The fraction of sp³-hybridized carbons (Fsp3) is 0.0952. The van der Waals surface area contributed by atoms with E-state index < -0.39 is 17.9 Å². The van der Waals surface area contributed by atoms with Crippen molar-refractivity contribution >= 4 is 11.6 Å². The largest absolute Gasteiger partial charge is 0.387 e. The maximum atomic E-state index is 12.1. The number of carbonyl (C=O) groups is 1. The number of carbonyl (C=O) groups excluding carboxylic acids is 1. The molecule has 3 N–H and O–H groups in total. The maximum Gasteiger partial charge on any atom is 0.269 e. The number of aromatic nitrogens is 3. The lowest BCUT2D eigenvalue weighted by atomic mass is 9.85. The van der Waals surface area contributed by atoms with E-state index in [9.17, 15) is 9.90 Å². The maximum absolute atomic E-state index is 12.1. The number of aliphatic hydroxyl groups excluding tert-OH is 1. The Bertz CT molecular complexity index is 1080. The summed E-state index contributed by atoms with van der Waals surface area (Å²) in [7, 11) is 0. The Balaban J connectivity index is 1.99. The van der Waals surface area contributed by atoms with Gasteiger partial charge in [0, 0.05) is 12.4 Å². The third-order valence-electron chi connectivity index (χ3n) is 4.61. The smallest absolute Gasteiger partial charge is 0.269 e. The van der Waals surface area contributed by atoms with Crippen LogP contribution in [0.2, 0.25) is 0 Å². The van der Waals surface area contributed by atoms with Gasteiger partial charge in [0.25, 0.3) is 5.91 Å². The molecule has 1 amide bonds. The van der Waals surface area contributed by atoms with E-state index in [1.807, 2.05) is 60.7 Å². The summed E-state index contributed by atoms with van der Waals surface area (Å²) in [6.45, 7) is 0. The van der Waals surface area contributed by atoms with Gasteiger partial charge in [0.1, 0.15) is 0 Å². The first kappa shape index (κ1) is 16.9. The van der Waals surface area contributed by atoms with Crippen LogP contribution in [0.5, 0.6) is 0 Å². The number of amides is 1. The fourth-order valence-electron chi connectivity index (χ4n) is 3.40. The summed E-state index contributed by atoms with van der Waals surface area (Å²) in [5, 5.41) is 11.3. The summed E-state index contributed by atoms with van der Waals surface area (Å²) in [6, 6.07) is 18.9. The van der Waals surface area contributed by atoms with Crippen molar-refractivity contribution in [1.82, 2.24) is 14.4 Å². The normalized spacial score (nSPS) is 13.4. The van der Waals surface area contributed by atoms with Crippen molar-refractivity contribution in [1.29, 1.82) is 0 Å². The van der Waals surface area contributed by atoms with Gasteiger partial charge in [-0.2, -0.15) is 0 Å². The minimum atomic E-state index is -0.889. The summed E-state index contributed by atoms with van der Waals surface area (Å²) >= 11 is 0. The summed E-state index contributed by atoms with van der Waals surface area (Å²) in [5.74, 6) is -1.18. The van der Waals surface area contributed by atoms with Crippen LogP contribution in [0.15, 0.2) is 79.3 Å². The van der Waals surface area contributed by atoms with Crippen LogP contribution >= 0.6 is 0 Å². The van der Waals surface area contributed by atoms with Crippen LogP contribution in [0.25, 0.3) is 5.65 Å². The first-order valence-corrected chi connectivity index (χ1v) is 8.56. The summed E-state index contributed by atoms with van der Waals surface area (Å²) in [4.78, 5) is 20.5. The van der Waals surface area contributed by atoms with Crippen molar-refractivity contribution in [3.05, 3.63) is 102 Å². The van der Waals surface area contributed by atoms with Gasteiger partial charge >= 0.3 is 0 Å². The number of imidazole rings is 1. The zero-order valence-electron chi connectivity index (χ0n) is 14.4. The number of primary amides is 1. The molecule has 6 heteroatoms. The van der Waals surface area contributed by atoms with E-state index in [1.165, 1.54) is 0 Å². The second kappa shape index (κ2) is 7.01. The van der Waals surface area contributed by atoms with E-state index in [1.54, 1.807) is 23.0 Å². The molecule has 0 unspecified atom stereocenters. The van der Waals surface area contributed by atoms with Gasteiger partial charge in [-0.25, -0.2) is 4.98 Å². The number of nitrogens with two attached hydrogens (primary N) is 1. The SMILES string of the molecule is NC(=O)c1nc2cnccn2c1[C@@H](c1ccccc1)[C@H](O)c1ccccc1. The highest BCUT2D eigenvalue weighted by Gasteiger charge is 2.32. The predicted octanol–water partition coefficient (Wildman–Crippen LogP) is 2.69. The molecule has 6 nitrogen and oxygen atoms in total. The average Bonchev–Trinajstić information content (AvgIpc) is 3.09. The third kappa shape index (κ3) is 3.07. The van der Waals surface area contributed by atoms with E-state index in [-0.39, 0.29) is 5.69 Å². The van der Waals surface area contributed by atoms with Crippen molar-refractivity contribution in [3.8, 4) is 0 Å². The van der Waals surface area contributed by atoms with Crippen LogP contribution in [-0.4, -0.2) is 25.4 Å². The first-order valence-electron chi connectivity index (χ1n) is 8.56. The van der Waals surface area contributed by atoms with Crippen LogP contribution in [0.4, 0.5) is 0 Å². The molecule has 134 valence electrons. The molecule has 0 radical (unpaired) electrons. The lowest BCUT2D eigenvalue weighted by Crippen LogP contribution is -2.21.